The van der Waals surface area contributed by atoms with Crippen LogP contribution in [0.2, 0.25) is 0 Å². The molecule has 8 heteroatoms. The summed E-state index contributed by atoms with van der Waals surface area (Å²) in [5.41, 5.74) is 1.67. The van der Waals surface area contributed by atoms with Crippen LogP contribution in [0.1, 0.15) is 32.3 Å². The second-order valence-electron chi connectivity index (χ2n) is 8.63. The summed E-state index contributed by atoms with van der Waals surface area (Å²) >= 11 is 0. The van der Waals surface area contributed by atoms with Crippen molar-refractivity contribution in [3.63, 3.8) is 0 Å². The monoisotopic (exact) mass is 457 g/mol. The lowest BCUT2D eigenvalue weighted by Crippen LogP contribution is -2.54. The predicted molar refractivity (Wildman–Crippen MR) is 125 cm³/mol. The number of carbonyl (C=O) groups excluding carboxylic acids is 2. The third-order valence-electron chi connectivity index (χ3n) is 5.69. The smallest absolute Gasteiger partial charge is 0.241 e. The van der Waals surface area contributed by atoms with Gasteiger partial charge in [0.05, 0.1) is 10.8 Å². The molecule has 2 aromatic carbocycles. The van der Waals surface area contributed by atoms with E-state index in [0.717, 1.165) is 5.56 Å². The number of hydrogen-bond donors (Lipinski definition) is 2. The Morgan fingerprint density at radius 1 is 1.03 bits per heavy atom. The van der Waals surface area contributed by atoms with Gasteiger partial charge in [0.25, 0.3) is 0 Å². The fourth-order valence-electron chi connectivity index (χ4n) is 3.78. The third kappa shape index (κ3) is 5.95. The highest BCUT2D eigenvalue weighted by molar-refractivity contribution is 7.89. The summed E-state index contributed by atoms with van der Waals surface area (Å²) in [5, 5.41) is 2.90. The van der Waals surface area contributed by atoms with Gasteiger partial charge in [0, 0.05) is 18.8 Å². The van der Waals surface area contributed by atoms with Gasteiger partial charge in [-0.25, -0.2) is 8.42 Å². The molecule has 1 heterocycles. The zero-order chi connectivity index (χ0) is 23.3. The molecule has 1 saturated heterocycles. The van der Waals surface area contributed by atoms with E-state index >= 15 is 0 Å². The number of anilines is 1. The maximum atomic E-state index is 13.3. The molecular weight excluding hydrogens is 426 g/mol. The number of carbonyl (C=O) groups is 2. The van der Waals surface area contributed by atoms with Gasteiger partial charge in [0.1, 0.15) is 6.04 Å². The molecule has 0 radical (unpaired) electrons. The highest BCUT2D eigenvalue weighted by Crippen LogP contribution is 2.21. The summed E-state index contributed by atoms with van der Waals surface area (Å²) in [4.78, 5) is 27.8. The molecule has 7 nitrogen and oxygen atoms in total. The van der Waals surface area contributed by atoms with Crippen LogP contribution in [0.25, 0.3) is 0 Å². The molecule has 1 fully saturated rings. The molecule has 0 aromatic heterocycles. The first-order valence-electron chi connectivity index (χ1n) is 10.9. The minimum Gasteiger partial charge on any atom is -0.341 e. The van der Waals surface area contributed by atoms with Crippen LogP contribution < -0.4 is 10.0 Å². The lowest BCUT2D eigenvalue weighted by molar-refractivity contribution is -0.137. The first kappa shape index (κ1) is 23.9. The minimum absolute atomic E-state index is 0.125. The molecule has 172 valence electrons. The Morgan fingerprint density at radius 2 is 1.69 bits per heavy atom. The van der Waals surface area contributed by atoms with E-state index in [4.69, 9.17) is 0 Å². The van der Waals surface area contributed by atoms with Crippen molar-refractivity contribution in [2.75, 3.05) is 18.4 Å². The zero-order valence-electron chi connectivity index (χ0n) is 18.7. The molecule has 32 heavy (non-hydrogen) atoms. The van der Waals surface area contributed by atoms with E-state index in [-0.39, 0.29) is 35.1 Å². The van der Waals surface area contributed by atoms with Crippen LogP contribution in [-0.2, 0) is 19.6 Å². The number of likely N-dealkylation sites (tertiary alicyclic amines) is 1. The number of nitrogens with zero attached hydrogens (tertiary/aromatic N) is 1. The highest BCUT2D eigenvalue weighted by atomic mass is 32.2. The van der Waals surface area contributed by atoms with Crippen molar-refractivity contribution in [2.45, 2.75) is 44.6 Å². The van der Waals surface area contributed by atoms with Crippen LogP contribution in [0.5, 0.6) is 0 Å². The van der Waals surface area contributed by atoms with E-state index in [2.05, 4.69) is 10.0 Å². The fraction of sp³-hybridized carbons (Fsp3) is 0.417. The lowest BCUT2D eigenvalue weighted by atomic mass is 9.95. The normalized spacial score (nSPS) is 17.8. The molecule has 2 amide bonds. The Bertz CT molecular complexity index is 1040. The maximum absolute atomic E-state index is 13.3. The number of piperidine rings is 1. The van der Waals surface area contributed by atoms with E-state index in [1.165, 1.54) is 12.1 Å². The molecule has 0 unspecified atom stereocenters. The zero-order valence-corrected chi connectivity index (χ0v) is 19.6. The van der Waals surface area contributed by atoms with Gasteiger partial charge in [0.2, 0.25) is 21.8 Å². The number of rotatable bonds is 7. The Kier molecular flexibility index (Phi) is 7.69. The number of benzene rings is 2. The van der Waals surface area contributed by atoms with Crippen LogP contribution in [0.4, 0.5) is 5.69 Å². The van der Waals surface area contributed by atoms with E-state index < -0.39 is 16.1 Å². The Labute approximate surface area is 190 Å². The maximum Gasteiger partial charge on any atom is 0.241 e. The van der Waals surface area contributed by atoms with Gasteiger partial charge in [-0.3, -0.25) is 9.59 Å². The van der Waals surface area contributed by atoms with E-state index in [1.807, 2.05) is 51.1 Å². The number of sulfonamides is 1. The molecule has 1 aliphatic rings. The van der Waals surface area contributed by atoms with E-state index in [0.29, 0.717) is 25.1 Å². The number of amides is 2. The molecule has 0 bridgehead atoms. The van der Waals surface area contributed by atoms with Crippen LogP contribution in [-0.4, -0.2) is 44.3 Å². The molecule has 0 spiro atoms. The second kappa shape index (κ2) is 10.3. The summed E-state index contributed by atoms with van der Waals surface area (Å²) in [6.07, 6.45) is 1.37. The van der Waals surface area contributed by atoms with Crippen molar-refractivity contribution in [1.29, 1.82) is 0 Å². The number of aryl methyl sites for hydroxylation is 1. The van der Waals surface area contributed by atoms with Crippen molar-refractivity contribution in [1.82, 2.24) is 9.62 Å². The summed E-state index contributed by atoms with van der Waals surface area (Å²) in [7, 11) is -3.85. The Morgan fingerprint density at radius 3 is 2.31 bits per heavy atom. The highest BCUT2D eigenvalue weighted by Gasteiger charge is 2.35. The Hall–Kier alpha value is -2.71. The van der Waals surface area contributed by atoms with Gasteiger partial charge in [0.15, 0.2) is 0 Å². The van der Waals surface area contributed by atoms with E-state index in [9.17, 15) is 18.0 Å². The van der Waals surface area contributed by atoms with Crippen molar-refractivity contribution in [3.05, 3.63) is 60.2 Å². The van der Waals surface area contributed by atoms with Gasteiger partial charge in [-0.1, -0.05) is 49.7 Å². The molecule has 2 N–H and O–H groups in total. The largest absolute Gasteiger partial charge is 0.341 e. The molecular formula is C24H31N3O4S. The Balaban J connectivity index is 1.70. The first-order chi connectivity index (χ1) is 15.2. The number of nitrogens with one attached hydrogen (secondary N) is 2. The van der Waals surface area contributed by atoms with Crippen molar-refractivity contribution in [3.8, 4) is 0 Å². The minimum atomic E-state index is -3.85. The predicted octanol–water partition coefficient (Wildman–Crippen LogP) is 3.18. The van der Waals surface area contributed by atoms with Crippen LogP contribution in [0, 0.1) is 18.8 Å². The molecule has 1 aliphatic heterocycles. The van der Waals surface area contributed by atoms with Crippen LogP contribution in [0.15, 0.2) is 59.5 Å². The first-order valence-corrected chi connectivity index (χ1v) is 12.4. The van der Waals surface area contributed by atoms with Gasteiger partial charge in [-0.15, -0.1) is 0 Å². The molecule has 0 saturated carbocycles. The van der Waals surface area contributed by atoms with Crippen LogP contribution in [0.3, 0.4) is 0 Å². The van der Waals surface area contributed by atoms with Crippen molar-refractivity contribution < 1.29 is 18.0 Å². The third-order valence-corrected chi connectivity index (χ3v) is 7.15. The quantitative estimate of drug-likeness (QED) is 0.668. The molecule has 0 aliphatic carbocycles. The molecule has 3 rings (SSSR count). The van der Waals surface area contributed by atoms with Gasteiger partial charge >= 0.3 is 0 Å². The topological polar surface area (TPSA) is 95.6 Å². The summed E-state index contributed by atoms with van der Waals surface area (Å²) in [6, 6.07) is 14.8. The average molecular weight is 458 g/mol. The molecule has 2 aromatic rings. The van der Waals surface area contributed by atoms with Gasteiger partial charge in [-0.2, -0.15) is 4.72 Å². The van der Waals surface area contributed by atoms with Crippen molar-refractivity contribution >= 4 is 27.5 Å². The summed E-state index contributed by atoms with van der Waals surface area (Å²) in [6.45, 7) is 6.27. The van der Waals surface area contributed by atoms with Crippen molar-refractivity contribution in [2.24, 2.45) is 11.8 Å². The lowest BCUT2D eigenvalue weighted by Gasteiger charge is -2.35. The SMILES string of the molecule is Cc1ccc(S(=O)(=O)N[C@H](C(=O)N2CCC[C@H](C(=O)Nc3ccccc3)C2)C(C)C)cc1. The summed E-state index contributed by atoms with van der Waals surface area (Å²) < 4.78 is 28.3. The van der Waals surface area contributed by atoms with Gasteiger partial charge in [-0.05, 0) is 49.9 Å². The van der Waals surface area contributed by atoms with E-state index in [1.54, 1.807) is 17.0 Å². The van der Waals surface area contributed by atoms with Crippen LogP contribution >= 0.6 is 0 Å². The standard InChI is InChI=1S/C24H31N3O4S/c1-17(2)22(26-32(30,31)21-13-11-18(3)12-14-21)24(29)27-15-7-8-19(16-27)23(28)25-20-9-5-4-6-10-20/h4-6,9-14,17,19,22,26H,7-8,15-16H2,1-3H3,(H,25,28)/t19-,22-/m0/s1. The fourth-order valence-corrected chi connectivity index (χ4v) is 5.12. The van der Waals surface area contributed by atoms with Gasteiger partial charge < -0.3 is 10.2 Å². The summed E-state index contributed by atoms with van der Waals surface area (Å²) in [5.74, 6) is -1.02. The average Bonchev–Trinajstić information content (AvgIpc) is 2.78. The number of para-hydroxylation sites is 1. The number of hydrogen-bond acceptors (Lipinski definition) is 4. The second-order valence-corrected chi connectivity index (χ2v) is 10.3. The molecule has 2 atom stereocenters.